The monoisotopic (exact) mass is 104 g/mol. The number of hydrazine groups is 1. The van der Waals surface area contributed by atoms with E-state index >= 15 is 0 Å². The molecule has 0 bridgehead atoms. The summed E-state index contributed by atoms with van der Waals surface area (Å²) in [5.41, 5.74) is 2.10. The molecule has 3 heteroatoms. The van der Waals surface area contributed by atoms with Crippen molar-refractivity contribution in [2.45, 2.75) is 19.8 Å². The van der Waals surface area contributed by atoms with Crippen LogP contribution in [0.2, 0.25) is 0 Å². The topological polar surface area (TPSA) is 47.3 Å². The Morgan fingerprint density at radius 3 is 2.86 bits per heavy atom. The molecule has 0 heterocycles. The minimum Gasteiger partial charge on any atom is -0.287 e. The number of hydrogen-bond donors (Lipinski definition) is 2. The molecule has 0 radical (unpaired) electrons. The maximum atomic E-state index is 4.80. The molecule has 0 rings (SSSR count). The van der Waals surface area contributed by atoms with Crippen molar-refractivity contribution < 1.29 is 4.84 Å². The lowest BCUT2D eigenvalue weighted by Gasteiger charge is -1.95. The summed E-state index contributed by atoms with van der Waals surface area (Å²) in [6.07, 6.45) is 2.20. The van der Waals surface area contributed by atoms with Gasteiger partial charge in [0.25, 0.3) is 0 Å². The Bertz CT molecular complexity index is 28.9. The van der Waals surface area contributed by atoms with Crippen LogP contribution in [0.4, 0.5) is 0 Å². The van der Waals surface area contributed by atoms with Crippen molar-refractivity contribution in [3.05, 3.63) is 0 Å². The van der Waals surface area contributed by atoms with Gasteiger partial charge in [-0.25, -0.2) is 5.84 Å². The third-order valence-corrected chi connectivity index (χ3v) is 0.683. The highest BCUT2D eigenvalue weighted by Gasteiger charge is 1.78. The molecule has 0 aromatic heterocycles. The van der Waals surface area contributed by atoms with Crippen LogP contribution < -0.4 is 11.4 Å². The molecule has 0 aromatic rings. The molecule has 0 aliphatic rings. The summed E-state index contributed by atoms with van der Waals surface area (Å²) in [4.78, 5) is 4.60. The smallest absolute Gasteiger partial charge is 0.0698 e. The lowest BCUT2D eigenvalue weighted by Crippen LogP contribution is -2.22. The maximum absolute atomic E-state index is 4.80. The predicted octanol–water partition coefficient (Wildman–Crippen LogP) is 0.181. The second-order valence-electron chi connectivity index (χ2n) is 1.32. The van der Waals surface area contributed by atoms with Crippen molar-refractivity contribution in [3.63, 3.8) is 0 Å². The molecule has 0 amide bonds. The molecule has 0 saturated carbocycles. The lowest BCUT2D eigenvalue weighted by molar-refractivity contribution is 0.0393. The molecule has 0 fully saturated rings. The first kappa shape index (κ1) is 6.88. The van der Waals surface area contributed by atoms with Crippen LogP contribution in [0.3, 0.4) is 0 Å². The SMILES string of the molecule is CCCCONN. The fourth-order valence-electron chi connectivity index (χ4n) is 0.275. The van der Waals surface area contributed by atoms with Gasteiger partial charge in [0.15, 0.2) is 0 Å². The van der Waals surface area contributed by atoms with Crippen LogP contribution in [0.15, 0.2) is 0 Å². The van der Waals surface area contributed by atoms with E-state index in [2.05, 4.69) is 17.4 Å². The van der Waals surface area contributed by atoms with E-state index in [0.717, 1.165) is 12.8 Å². The Balaban J connectivity index is 2.45. The standard InChI is InChI=1S/C4H12N2O/c1-2-3-4-7-6-5/h6H,2-5H2,1H3. The summed E-state index contributed by atoms with van der Waals surface area (Å²) in [6.45, 7) is 2.80. The van der Waals surface area contributed by atoms with Crippen molar-refractivity contribution in [1.29, 1.82) is 0 Å². The van der Waals surface area contributed by atoms with Crippen molar-refractivity contribution in [2.75, 3.05) is 6.61 Å². The second-order valence-corrected chi connectivity index (χ2v) is 1.32. The Hall–Kier alpha value is -0.120. The van der Waals surface area contributed by atoms with Gasteiger partial charge in [0.2, 0.25) is 0 Å². The van der Waals surface area contributed by atoms with Crippen molar-refractivity contribution in [1.82, 2.24) is 5.59 Å². The van der Waals surface area contributed by atoms with E-state index in [0.29, 0.717) is 6.61 Å². The molecule has 0 aromatic carbocycles. The van der Waals surface area contributed by atoms with Gasteiger partial charge in [-0.2, -0.15) is 0 Å². The van der Waals surface area contributed by atoms with Crippen LogP contribution in [0, 0.1) is 0 Å². The number of nitrogens with two attached hydrogens (primary N) is 1. The molecule has 0 spiro atoms. The van der Waals surface area contributed by atoms with Crippen LogP contribution in [0.1, 0.15) is 19.8 Å². The number of unbranched alkanes of at least 4 members (excludes halogenated alkanes) is 1. The zero-order valence-corrected chi connectivity index (χ0v) is 4.61. The van der Waals surface area contributed by atoms with Gasteiger partial charge in [0, 0.05) is 0 Å². The highest BCUT2D eigenvalue weighted by molar-refractivity contribution is 4.26. The molecule has 3 N–H and O–H groups in total. The molecule has 0 aliphatic heterocycles. The molecule has 3 nitrogen and oxygen atoms in total. The molecule has 0 atom stereocenters. The quantitative estimate of drug-likeness (QED) is 0.304. The van der Waals surface area contributed by atoms with E-state index in [4.69, 9.17) is 5.84 Å². The van der Waals surface area contributed by atoms with Gasteiger partial charge in [-0.3, -0.25) is 4.84 Å². The van der Waals surface area contributed by atoms with Crippen molar-refractivity contribution in [2.24, 2.45) is 5.84 Å². The van der Waals surface area contributed by atoms with Crippen LogP contribution in [-0.2, 0) is 4.84 Å². The first-order chi connectivity index (χ1) is 3.41. The maximum Gasteiger partial charge on any atom is 0.0698 e. The van der Waals surface area contributed by atoms with E-state index < -0.39 is 0 Å². The molecular formula is C4H12N2O. The average molecular weight is 104 g/mol. The van der Waals surface area contributed by atoms with Crippen LogP contribution >= 0.6 is 0 Å². The van der Waals surface area contributed by atoms with E-state index in [1.165, 1.54) is 0 Å². The summed E-state index contributed by atoms with van der Waals surface area (Å²) in [7, 11) is 0. The highest BCUT2D eigenvalue weighted by atomic mass is 16.7. The second kappa shape index (κ2) is 5.88. The normalized spacial score (nSPS) is 9.43. The van der Waals surface area contributed by atoms with Crippen LogP contribution in [0.5, 0.6) is 0 Å². The Morgan fingerprint density at radius 1 is 1.71 bits per heavy atom. The third kappa shape index (κ3) is 5.88. The minimum atomic E-state index is 0.701. The summed E-state index contributed by atoms with van der Waals surface area (Å²) in [6, 6.07) is 0. The highest BCUT2D eigenvalue weighted by Crippen LogP contribution is 1.82. The van der Waals surface area contributed by atoms with Gasteiger partial charge in [0.05, 0.1) is 6.61 Å². The first-order valence-corrected chi connectivity index (χ1v) is 2.49. The Morgan fingerprint density at radius 2 is 2.43 bits per heavy atom. The molecule has 44 valence electrons. The lowest BCUT2D eigenvalue weighted by atomic mass is 10.4. The third-order valence-electron chi connectivity index (χ3n) is 0.683. The van der Waals surface area contributed by atoms with Gasteiger partial charge in [-0.1, -0.05) is 13.3 Å². The predicted molar refractivity (Wildman–Crippen MR) is 28.2 cm³/mol. The largest absolute Gasteiger partial charge is 0.287 e. The molecule has 0 aliphatic carbocycles. The van der Waals surface area contributed by atoms with Gasteiger partial charge in [-0.15, -0.1) is 5.59 Å². The van der Waals surface area contributed by atoms with Crippen LogP contribution in [-0.4, -0.2) is 6.61 Å². The number of rotatable bonds is 4. The van der Waals surface area contributed by atoms with Crippen molar-refractivity contribution in [3.8, 4) is 0 Å². The molecule has 0 saturated heterocycles. The van der Waals surface area contributed by atoms with E-state index in [1.54, 1.807) is 0 Å². The molecule has 0 unspecified atom stereocenters. The average Bonchev–Trinajstić information content (AvgIpc) is 1.69. The summed E-state index contributed by atoms with van der Waals surface area (Å²) < 4.78 is 0. The Labute approximate surface area is 43.8 Å². The van der Waals surface area contributed by atoms with Crippen molar-refractivity contribution >= 4 is 0 Å². The summed E-state index contributed by atoms with van der Waals surface area (Å²) in [5.74, 6) is 4.80. The van der Waals surface area contributed by atoms with E-state index in [-0.39, 0.29) is 0 Å². The van der Waals surface area contributed by atoms with Gasteiger partial charge in [0.1, 0.15) is 0 Å². The first-order valence-electron chi connectivity index (χ1n) is 2.49. The fraction of sp³-hybridized carbons (Fsp3) is 1.00. The van der Waals surface area contributed by atoms with E-state index in [9.17, 15) is 0 Å². The fourth-order valence-corrected chi connectivity index (χ4v) is 0.275. The minimum absolute atomic E-state index is 0.701. The zero-order valence-electron chi connectivity index (χ0n) is 4.61. The van der Waals surface area contributed by atoms with Crippen LogP contribution in [0.25, 0.3) is 0 Å². The summed E-state index contributed by atoms with van der Waals surface area (Å²) >= 11 is 0. The summed E-state index contributed by atoms with van der Waals surface area (Å²) in [5, 5.41) is 0. The van der Waals surface area contributed by atoms with Gasteiger partial charge < -0.3 is 0 Å². The molecule has 7 heavy (non-hydrogen) atoms. The van der Waals surface area contributed by atoms with E-state index in [1.807, 2.05) is 0 Å². The number of nitrogens with one attached hydrogen (secondary N) is 1. The number of hydrogen-bond acceptors (Lipinski definition) is 3. The molecular weight excluding hydrogens is 92.1 g/mol. The Kier molecular flexibility index (Phi) is 5.78. The van der Waals surface area contributed by atoms with Gasteiger partial charge in [-0.05, 0) is 6.42 Å². The zero-order chi connectivity index (χ0) is 5.54. The van der Waals surface area contributed by atoms with Gasteiger partial charge >= 0.3 is 0 Å².